The van der Waals surface area contributed by atoms with Crippen LogP contribution in [0.4, 0.5) is 0 Å². The molecule has 0 radical (unpaired) electrons. The summed E-state index contributed by atoms with van der Waals surface area (Å²) in [6, 6.07) is 12.0. The van der Waals surface area contributed by atoms with Crippen LogP contribution in [0.15, 0.2) is 54.0 Å². The lowest BCUT2D eigenvalue weighted by Crippen LogP contribution is -2.10. The van der Waals surface area contributed by atoms with E-state index in [4.69, 9.17) is 9.47 Å². The molecule has 0 unspecified atom stereocenters. The number of ether oxygens (including phenoxy) is 2. The Kier molecular flexibility index (Phi) is 3.76. The third-order valence-corrected chi connectivity index (χ3v) is 3.25. The molecule has 5 nitrogen and oxygen atoms in total. The van der Waals surface area contributed by atoms with Gasteiger partial charge in [-0.05, 0) is 29.8 Å². The Morgan fingerprint density at radius 2 is 1.87 bits per heavy atom. The summed E-state index contributed by atoms with van der Waals surface area (Å²) in [7, 11) is 0. The van der Waals surface area contributed by atoms with E-state index >= 15 is 0 Å². The summed E-state index contributed by atoms with van der Waals surface area (Å²) < 4.78 is 10.9. The molecule has 0 bridgehead atoms. The van der Waals surface area contributed by atoms with Crippen LogP contribution in [-0.2, 0) is 4.79 Å². The molecule has 1 aliphatic heterocycles. The molecule has 2 aromatic carbocycles. The van der Waals surface area contributed by atoms with Crippen molar-refractivity contribution < 1.29 is 19.1 Å². The van der Waals surface area contributed by atoms with Gasteiger partial charge in [-0.3, -0.25) is 9.59 Å². The van der Waals surface area contributed by atoms with E-state index < -0.39 is 5.97 Å². The molecule has 1 heterocycles. The first kappa shape index (κ1) is 14.7. The number of fused-ring (bicyclic) bond motifs is 1. The molecular formula is C18H13NO4. The Labute approximate surface area is 132 Å². The number of hydrogen-bond donors (Lipinski definition) is 0. The van der Waals surface area contributed by atoms with Gasteiger partial charge >= 0.3 is 5.97 Å². The number of rotatable bonds is 3. The van der Waals surface area contributed by atoms with Crippen LogP contribution in [0.2, 0.25) is 0 Å². The van der Waals surface area contributed by atoms with Gasteiger partial charge in [-0.25, -0.2) is 0 Å². The van der Waals surface area contributed by atoms with Crippen LogP contribution in [0.5, 0.6) is 11.5 Å². The topological polar surface area (TPSA) is 65.0 Å². The van der Waals surface area contributed by atoms with Crippen molar-refractivity contribution in [1.29, 1.82) is 0 Å². The van der Waals surface area contributed by atoms with Crippen LogP contribution >= 0.6 is 0 Å². The molecule has 0 aliphatic carbocycles. The van der Waals surface area contributed by atoms with Crippen molar-refractivity contribution in [3.63, 3.8) is 0 Å². The number of hydrogen-bond acceptors (Lipinski definition) is 4. The molecular weight excluding hydrogens is 294 g/mol. The molecule has 0 atom stereocenters. The van der Waals surface area contributed by atoms with Crippen LogP contribution in [0.1, 0.15) is 28.4 Å². The number of esters is 1. The summed E-state index contributed by atoms with van der Waals surface area (Å²) in [6.45, 7) is 5.00. The number of aliphatic imine (C=N–C) groups is 1. The molecule has 1 aliphatic rings. The fraction of sp³-hybridized carbons (Fsp3) is 0.0556. The van der Waals surface area contributed by atoms with Gasteiger partial charge in [0.2, 0.25) is 5.90 Å². The average Bonchev–Trinajstić information content (AvgIpc) is 2.85. The van der Waals surface area contributed by atoms with Gasteiger partial charge in [0.05, 0.1) is 11.1 Å². The molecule has 0 fully saturated rings. The zero-order valence-corrected chi connectivity index (χ0v) is 12.4. The van der Waals surface area contributed by atoms with Crippen LogP contribution < -0.4 is 9.47 Å². The molecule has 2 aromatic rings. The van der Waals surface area contributed by atoms with Crippen molar-refractivity contribution in [3.05, 3.63) is 65.7 Å². The first-order valence-corrected chi connectivity index (χ1v) is 6.93. The van der Waals surface area contributed by atoms with Crippen molar-refractivity contribution in [2.24, 2.45) is 4.99 Å². The maximum absolute atomic E-state index is 11.9. The Morgan fingerprint density at radius 1 is 1.13 bits per heavy atom. The highest BCUT2D eigenvalue weighted by Gasteiger charge is 2.25. The Balaban J connectivity index is 2.00. The first-order chi connectivity index (χ1) is 11.1. The lowest BCUT2D eigenvalue weighted by molar-refractivity contribution is -0.131. The largest absolute Gasteiger partial charge is 0.434 e. The molecule has 0 N–H and O–H groups in total. The highest BCUT2D eigenvalue weighted by atomic mass is 16.6. The summed E-state index contributed by atoms with van der Waals surface area (Å²) >= 11 is 0. The third kappa shape index (κ3) is 2.89. The minimum atomic E-state index is -0.467. The summed E-state index contributed by atoms with van der Waals surface area (Å²) in [4.78, 5) is 27.0. The lowest BCUT2D eigenvalue weighted by atomic mass is 10.1. The van der Waals surface area contributed by atoms with E-state index in [1.165, 1.54) is 6.92 Å². The van der Waals surface area contributed by atoms with E-state index in [2.05, 4.69) is 11.6 Å². The van der Waals surface area contributed by atoms with Crippen LogP contribution in [0.3, 0.4) is 0 Å². The predicted octanol–water partition coefficient (Wildman–Crippen LogP) is 3.23. The molecule has 0 saturated carbocycles. The Morgan fingerprint density at radius 3 is 2.57 bits per heavy atom. The van der Waals surface area contributed by atoms with Gasteiger partial charge in [-0.1, -0.05) is 30.9 Å². The predicted molar refractivity (Wildman–Crippen MR) is 85.8 cm³/mol. The maximum Gasteiger partial charge on any atom is 0.308 e. The molecule has 23 heavy (non-hydrogen) atoms. The molecule has 5 heteroatoms. The summed E-state index contributed by atoms with van der Waals surface area (Å²) in [5.41, 5.74) is 1.88. The second kappa shape index (κ2) is 5.88. The molecule has 114 valence electrons. The van der Waals surface area contributed by atoms with Crippen molar-refractivity contribution in [3.8, 4) is 11.5 Å². The van der Waals surface area contributed by atoms with Crippen molar-refractivity contribution in [2.45, 2.75) is 6.92 Å². The smallest absolute Gasteiger partial charge is 0.308 e. The number of benzene rings is 2. The summed E-state index contributed by atoms with van der Waals surface area (Å²) in [5.74, 6) is -0.0979. The van der Waals surface area contributed by atoms with Crippen LogP contribution in [0.25, 0.3) is 6.08 Å². The first-order valence-electron chi connectivity index (χ1n) is 6.93. The van der Waals surface area contributed by atoms with E-state index in [0.717, 1.165) is 5.56 Å². The fourth-order valence-electron chi connectivity index (χ4n) is 2.22. The van der Waals surface area contributed by atoms with E-state index in [1.54, 1.807) is 48.5 Å². The van der Waals surface area contributed by atoms with Gasteiger partial charge in [-0.2, -0.15) is 4.99 Å². The zero-order chi connectivity index (χ0) is 16.4. The van der Waals surface area contributed by atoms with Gasteiger partial charge in [0.1, 0.15) is 0 Å². The quantitative estimate of drug-likeness (QED) is 0.645. The molecule has 3 rings (SSSR count). The molecule has 0 saturated heterocycles. The Hall–Kier alpha value is -3.21. The van der Waals surface area contributed by atoms with E-state index in [9.17, 15) is 9.59 Å². The standard InChI is InChI=1S/C18H13NO4/c1-3-12-8-9-15(22-11(2)20)16(10-12)23-18-14-7-5-4-6-13(14)17(21)19-18/h3-10H,1H2,2H3. The number of nitrogens with zero attached hydrogens (tertiary/aromatic N) is 1. The Bertz CT molecular complexity index is 852. The second-order valence-corrected chi connectivity index (χ2v) is 4.87. The van der Waals surface area contributed by atoms with Gasteiger partial charge in [0.15, 0.2) is 11.5 Å². The SMILES string of the molecule is C=Cc1ccc(OC(C)=O)c(OC2=NC(=O)c3ccccc32)c1. The van der Waals surface area contributed by atoms with Crippen molar-refractivity contribution in [2.75, 3.05) is 0 Å². The number of amides is 1. The number of carbonyl (C=O) groups is 2. The second-order valence-electron chi connectivity index (χ2n) is 4.87. The highest BCUT2D eigenvalue weighted by molar-refractivity contribution is 6.19. The molecule has 0 spiro atoms. The maximum atomic E-state index is 11.9. The van der Waals surface area contributed by atoms with Crippen LogP contribution in [0, 0.1) is 0 Å². The van der Waals surface area contributed by atoms with Crippen molar-refractivity contribution >= 4 is 23.9 Å². The van der Waals surface area contributed by atoms with Gasteiger partial charge in [0.25, 0.3) is 5.91 Å². The molecule has 0 aromatic heterocycles. The monoisotopic (exact) mass is 307 g/mol. The van der Waals surface area contributed by atoms with Gasteiger partial charge in [-0.15, -0.1) is 0 Å². The summed E-state index contributed by atoms with van der Waals surface area (Å²) in [5, 5.41) is 0. The van der Waals surface area contributed by atoms with Gasteiger partial charge in [0, 0.05) is 6.92 Å². The van der Waals surface area contributed by atoms with Gasteiger partial charge < -0.3 is 9.47 Å². The normalized spacial score (nSPS) is 12.4. The minimum absolute atomic E-state index is 0.181. The van der Waals surface area contributed by atoms with E-state index in [1.807, 2.05) is 0 Å². The van der Waals surface area contributed by atoms with Crippen molar-refractivity contribution in [1.82, 2.24) is 0 Å². The average molecular weight is 307 g/mol. The van der Waals surface area contributed by atoms with Crippen LogP contribution in [-0.4, -0.2) is 17.8 Å². The van der Waals surface area contributed by atoms with E-state index in [0.29, 0.717) is 16.9 Å². The zero-order valence-electron chi connectivity index (χ0n) is 12.4. The number of carbonyl (C=O) groups excluding carboxylic acids is 2. The van der Waals surface area contributed by atoms with E-state index in [-0.39, 0.29) is 17.6 Å². The summed E-state index contributed by atoms with van der Waals surface area (Å²) in [6.07, 6.45) is 1.64. The highest BCUT2D eigenvalue weighted by Crippen LogP contribution is 2.31. The third-order valence-electron chi connectivity index (χ3n) is 3.25. The molecule has 1 amide bonds. The minimum Gasteiger partial charge on any atom is -0.434 e. The fourth-order valence-corrected chi connectivity index (χ4v) is 2.22. The lowest BCUT2D eigenvalue weighted by Gasteiger charge is -2.11.